The van der Waals surface area contributed by atoms with Crippen molar-refractivity contribution in [2.45, 2.75) is 6.92 Å². The summed E-state index contributed by atoms with van der Waals surface area (Å²) in [4.78, 5) is 25.0. The summed E-state index contributed by atoms with van der Waals surface area (Å²) >= 11 is 0. The maximum absolute atomic E-state index is 11.6. The number of pyridine rings is 1. The second kappa shape index (κ2) is 3.24. The standard InChI is InChI=1S/C11H9NO3/c1-6-3-2-4-7-9(13)5-8(11(14)15)12-10(6)7/h2-5H,1H3,(H,12,13)(H,14,15). The fourth-order valence-corrected chi connectivity index (χ4v) is 1.53. The van der Waals surface area contributed by atoms with Crippen LogP contribution in [-0.2, 0) is 0 Å². The lowest BCUT2D eigenvalue weighted by Gasteiger charge is -2.02. The first-order valence-corrected chi connectivity index (χ1v) is 4.45. The highest BCUT2D eigenvalue weighted by Crippen LogP contribution is 2.12. The number of para-hydroxylation sites is 1. The highest BCUT2D eigenvalue weighted by Gasteiger charge is 2.08. The summed E-state index contributed by atoms with van der Waals surface area (Å²) in [5, 5.41) is 9.30. The molecule has 0 bridgehead atoms. The fourth-order valence-electron chi connectivity index (χ4n) is 1.53. The van der Waals surface area contributed by atoms with Crippen LogP contribution in [0.5, 0.6) is 0 Å². The third-order valence-corrected chi connectivity index (χ3v) is 2.30. The van der Waals surface area contributed by atoms with E-state index in [1.54, 1.807) is 12.1 Å². The number of nitrogens with one attached hydrogen (secondary N) is 1. The number of carbonyl (C=O) groups is 1. The Hall–Kier alpha value is -2.10. The number of aryl methyl sites for hydroxylation is 1. The predicted octanol–water partition coefficient (Wildman–Crippen LogP) is 1.53. The predicted molar refractivity (Wildman–Crippen MR) is 56.3 cm³/mol. The summed E-state index contributed by atoms with van der Waals surface area (Å²) in [6, 6.07) is 6.37. The van der Waals surface area contributed by atoms with Gasteiger partial charge in [-0.15, -0.1) is 0 Å². The van der Waals surface area contributed by atoms with E-state index >= 15 is 0 Å². The zero-order valence-electron chi connectivity index (χ0n) is 8.07. The minimum atomic E-state index is -1.13. The van der Waals surface area contributed by atoms with Gasteiger partial charge in [0.25, 0.3) is 0 Å². The van der Waals surface area contributed by atoms with Crippen LogP contribution in [0.1, 0.15) is 16.1 Å². The first-order valence-electron chi connectivity index (χ1n) is 4.45. The Morgan fingerprint density at radius 3 is 2.80 bits per heavy atom. The number of hydrogen-bond donors (Lipinski definition) is 2. The van der Waals surface area contributed by atoms with Crippen LogP contribution in [0.25, 0.3) is 10.9 Å². The third kappa shape index (κ3) is 1.50. The van der Waals surface area contributed by atoms with Crippen molar-refractivity contribution in [1.29, 1.82) is 0 Å². The van der Waals surface area contributed by atoms with Gasteiger partial charge in [-0.05, 0) is 18.6 Å². The minimum Gasteiger partial charge on any atom is -0.477 e. The van der Waals surface area contributed by atoms with Gasteiger partial charge in [0.05, 0.1) is 5.52 Å². The maximum Gasteiger partial charge on any atom is 0.352 e. The molecule has 0 atom stereocenters. The number of fused-ring (bicyclic) bond motifs is 1. The van der Waals surface area contributed by atoms with Gasteiger partial charge < -0.3 is 10.1 Å². The molecule has 0 saturated heterocycles. The normalized spacial score (nSPS) is 10.5. The van der Waals surface area contributed by atoms with E-state index in [2.05, 4.69) is 4.98 Å². The van der Waals surface area contributed by atoms with Crippen LogP contribution in [0.3, 0.4) is 0 Å². The smallest absolute Gasteiger partial charge is 0.352 e. The van der Waals surface area contributed by atoms with Crippen LogP contribution < -0.4 is 5.43 Å². The van der Waals surface area contributed by atoms with Crippen molar-refractivity contribution in [1.82, 2.24) is 4.98 Å². The van der Waals surface area contributed by atoms with Crippen molar-refractivity contribution < 1.29 is 9.90 Å². The van der Waals surface area contributed by atoms with Gasteiger partial charge in [0.1, 0.15) is 5.69 Å². The second-order valence-electron chi connectivity index (χ2n) is 3.35. The van der Waals surface area contributed by atoms with Crippen molar-refractivity contribution in [3.05, 3.63) is 45.7 Å². The van der Waals surface area contributed by atoms with Gasteiger partial charge in [0.15, 0.2) is 5.43 Å². The molecule has 0 aliphatic rings. The average molecular weight is 203 g/mol. The summed E-state index contributed by atoms with van der Waals surface area (Å²) in [5.41, 5.74) is 1.08. The number of aromatic amines is 1. The Balaban J connectivity index is 2.92. The van der Waals surface area contributed by atoms with E-state index in [0.717, 1.165) is 11.6 Å². The highest BCUT2D eigenvalue weighted by molar-refractivity contribution is 5.90. The Bertz CT molecular complexity index is 598. The molecule has 0 amide bonds. The Morgan fingerprint density at radius 2 is 2.13 bits per heavy atom. The van der Waals surface area contributed by atoms with Crippen molar-refractivity contribution >= 4 is 16.9 Å². The molecule has 15 heavy (non-hydrogen) atoms. The molecule has 4 heteroatoms. The van der Waals surface area contributed by atoms with Gasteiger partial charge in [-0.3, -0.25) is 4.79 Å². The molecule has 0 radical (unpaired) electrons. The lowest BCUT2D eigenvalue weighted by molar-refractivity contribution is 0.0691. The van der Waals surface area contributed by atoms with Crippen molar-refractivity contribution in [2.75, 3.05) is 0 Å². The molecule has 0 aliphatic carbocycles. The van der Waals surface area contributed by atoms with Crippen molar-refractivity contribution in [2.24, 2.45) is 0 Å². The monoisotopic (exact) mass is 203 g/mol. The molecule has 4 nitrogen and oxygen atoms in total. The van der Waals surface area contributed by atoms with E-state index in [1.807, 2.05) is 13.0 Å². The topological polar surface area (TPSA) is 70.2 Å². The fraction of sp³-hybridized carbons (Fsp3) is 0.0909. The molecule has 1 aromatic carbocycles. The van der Waals surface area contributed by atoms with Gasteiger partial charge in [0.2, 0.25) is 0 Å². The molecule has 2 aromatic rings. The molecule has 0 aliphatic heterocycles. The van der Waals surface area contributed by atoms with E-state index in [0.29, 0.717) is 10.9 Å². The Morgan fingerprint density at radius 1 is 1.40 bits per heavy atom. The van der Waals surface area contributed by atoms with Crippen LogP contribution in [0.15, 0.2) is 29.1 Å². The molecular weight excluding hydrogens is 194 g/mol. The van der Waals surface area contributed by atoms with Crippen LogP contribution in [0.4, 0.5) is 0 Å². The summed E-state index contributed by atoms with van der Waals surface area (Å²) in [5.74, 6) is -1.13. The summed E-state index contributed by atoms with van der Waals surface area (Å²) in [6.45, 7) is 1.82. The first-order chi connectivity index (χ1) is 7.09. The van der Waals surface area contributed by atoms with E-state index in [4.69, 9.17) is 5.11 Å². The van der Waals surface area contributed by atoms with Gasteiger partial charge in [-0.1, -0.05) is 12.1 Å². The number of carboxylic acids is 1. The van der Waals surface area contributed by atoms with Crippen molar-refractivity contribution in [3.8, 4) is 0 Å². The number of carboxylic acid groups (broad SMARTS) is 1. The Labute approximate surface area is 85.2 Å². The molecule has 0 unspecified atom stereocenters. The van der Waals surface area contributed by atoms with E-state index in [1.165, 1.54) is 0 Å². The molecule has 76 valence electrons. The van der Waals surface area contributed by atoms with E-state index in [9.17, 15) is 9.59 Å². The summed E-state index contributed by atoms with van der Waals surface area (Å²) in [6.07, 6.45) is 0. The van der Waals surface area contributed by atoms with E-state index < -0.39 is 5.97 Å². The summed E-state index contributed by atoms with van der Waals surface area (Å²) < 4.78 is 0. The van der Waals surface area contributed by atoms with Gasteiger partial charge in [-0.25, -0.2) is 4.79 Å². The second-order valence-corrected chi connectivity index (χ2v) is 3.35. The number of hydrogen-bond acceptors (Lipinski definition) is 2. The first kappa shape index (κ1) is 9.45. The number of aromatic nitrogens is 1. The van der Waals surface area contributed by atoms with Crippen LogP contribution in [-0.4, -0.2) is 16.1 Å². The lowest BCUT2D eigenvalue weighted by atomic mass is 10.1. The number of benzene rings is 1. The van der Waals surface area contributed by atoms with Crippen molar-refractivity contribution in [3.63, 3.8) is 0 Å². The van der Waals surface area contributed by atoms with Gasteiger partial charge in [0, 0.05) is 11.5 Å². The quantitative estimate of drug-likeness (QED) is 0.738. The Kier molecular flexibility index (Phi) is 2.04. The molecular formula is C11H9NO3. The lowest BCUT2D eigenvalue weighted by Crippen LogP contribution is -2.09. The van der Waals surface area contributed by atoms with Gasteiger partial charge in [-0.2, -0.15) is 0 Å². The molecule has 1 aromatic heterocycles. The number of H-pyrrole nitrogens is 1. The summed E-state index contributed by atoms with van der Waals surface area (Å²) in [7, 11) is 0. The molecule has 2 N–H and O–H groups in total. The zero-order valence-corrected chi connectivity index (χ0v) is 8.07. The number of rotatable bonds is 1. The SMILES string of the molecule is Cc1cccc2c(=O)cc(C(=O)O)[nH]c12. The van der Waals surface area contributed by atoms with Crippen LogP contribution in [0.2, 0.25) is 0 Å². The third-order valence-electron chi connectivity index (χ3n) is 2.30. The molecule has 1 heterocycles. The number of aromatic carboxylic acids is 1. The van der Waals surface area contributed by atoms with Gasteiger partial charge >= 0.3 is 5.97 Å². The average Bonchev–Trinajstić information content (AvgIpc) is 2.19. The molecule has 0 fully saturated rings. The minimum absolute atomic E-state index is 0.0817. The van der Waals surface area contributed by atoms with E-state index in [-0.39, 0.29) is 11.1 Å². The molecule has 0 spiro atoms. The molecule has 2 rings (SSSR count). The maximum atomic E-state index is 11.6. The largest absolute Gasteiger partial charge is 0.477 e. The zero-order chi connectivity index (χ0) is 11.0. The van der Waals surface area contributed by atoms with Crippen LogP contribution >= 0.6 is 0 Å². The van der Waals surface area contributed by atoms with Crippen LogP contribution in [0, 0.1) is 6.92 Å². The molecule has 0 saturated carbocycles. The highest BCUT2D eigenvalue weighted by atomic mass is 16.4.